The molecular weight excluding hydrogens is 482 g/mol. The van der Waals surface area contributed by atoms with E-state index in [4.69, 9.17) is 8.85 Å². The third-order valence-electron chi connectivity index (χ3n) is 8.64. The fourth-order valence-electron chi connectivity index (χ4n) is 5.90. The molecule has 0 bridgehead atoms. The van der Waals surface area contributed by atoms with Crippen molar-refractivity contribution < 1.29 is 13.3 Å². The fourth-order valence-corrected chi connectivity index (χ4v) is 6.92. The second-order valence-electron chi connectivity index (χ2n) is 12.5. The van der Waals surface area contributed by atoms with Gasteiger partial charge in [-0.3, -0.25) is 0 Å². The maximum Gasteiger partial charge on any atom is 0.384 e. The van der Waals surface area contributed by atoms with E-state index in [1.54, 1.807) is 0 Å². The Morgan fingerprint density at radius 3 is 0.947 bits per heavy atom. The Kier molecular flexibility index (Phi) is 30.1. The number of quaternary nitrogens is 1. The van der Waals surface area contributed by atoms with Crippen LogP contribution in [0.4, 0.5) is 0 Å². The van der Waals surface area contributed by atoms with Crippen molar-refractivity contribution in [2.45, 2.75) is 180 Å². The standard InChI is InChI=1S/C34H73NO2Si/c1-6-8-10-12-14-16-18-20-22-24-26-28-31-35(3,33-30-34-38(36-4)37-5)32-29-27-25-23-21-19-17-15-13-11-9-7-2/h6-34H2,1-5H3/q+1. The zero-order valence-corrected chi connectivity index (χ0v) is 28.3. The minimum Gasteiger partial charge on any atom is -0.397 e. The second kappa shape index (κ2) is 30.1. The molecule has 3 nitrogen and oxygen atoms in total. The molecule has 0 unspecified atom stereocenters. The van der Waals surface area contributed by atoms with E-state index >= 15 is 0 Å². The third kappa shape index (κ3) is 26.3. The second-order valence-corrected chi connectivity index (χ2v) is 14.5. The number of nitrogens with zero attached hydrogens (tertiary/aromatic N) is 1. The van der Waals surface area contributed by atoms with Gasteiger partial charge in [0.25, 0.3) is 0 Å². The molecule has 0 aromatic rings. The van der Waals surface area contributed by atoms with Crippen molar-refractivity contribution in [2.75, 3.05) is 40.9 Å². The minimum atomic E-state index is -1.05. The zero-order chi connectivity index (χ0) is 28.0. The van der Waals surface area contributed by atoms with Crippen molar-refractivity contribution in [2.24, 2.45) is 0 Å². The van der Waals surface area contributed by atoms with Crippen molar-refractivity contribution in [3.63, 3.8) is 0 Å². The van der Waals surface area contributed by atoms with Crippen molar-refractivity contribution in [3.8, 4) is 0 Å². The summed E-state index contributed by atoms with van der Waals surface area (Å²) >= 11 is 0. The summed E-state index contributed by atoms with van der Waals surface area (Å²) in [4.78, 5) is 0. The summed E-state index contributed by atoms with van der Waals surface area (Å²) in [6.07, 6.45) is 35.7. The average Bonchev–Trinajstić information content (AvgIpc) is 2.92. The lowest BCUT2D eigenvalue weighted by atomic mass is 10.0. The summed E-state index contributed by atoms with van der Waals surface area (Å²) in [5, 5.41) is 0. The summed E-state index contributed by atoms with van der Waals surface area (Å²) in [5.74, 6) is 0. The van der Waals surface area contributed by atoms with Crippen LogP contribution in [0.1, 0.15) is 174 Å². The predicted octanol–water partition coefficient (Wildman–Crippen LogP) is 11.0. The molecule has 0 saturated carbocycles. The van der Waals surface area contributed by atoms with Crippen LogP contribution in [0.3, 0.4) is 0 Å². The number of rotatable bonds is 32. The Morgan fingerprint density at radius 1 is 0.395 bits per heavy atom. The maximum atomic E-state index is 5.54. The van der Waals surface area contributed by atoms with Gasteiger partial charge in [0.1, 0.15) is 0 Å². The summed E-state index contributed by atoms with van der Waals surface area (Å²) in [6.45, 7) is 8.62. The Balaban J connectivity index is 4.02. The molecule has 0 saturated heterocycles. The summed E-state index contributed by atoms with van der Waals surface area (Å²) in [6, 6.07) is 1.11. The lowest BCUT2D eigenvalue weighted by Gasteiger charge is -2.35. The fraction of sp³-hybridized carbons (Fsp3) is 1.00. The van der Waals surface area contributed by atoms with Crippen LogP contribution >= 0.6 is 0 Å². The van der Waals surface area contributed by atoms with E-state index in [-0.39, 0.29) is 0 Å². The summed E-state index contributed by atoms with van der Waals surface area (Å²) < 4.78 is 12.3. The van der Waals surface area contributed by atoms with Gasteiger partial charge in [-0.1, -0.05) is 142 Å². The van der Waals surface area contributed by atoms with E-state index in [0.29, 0.717) is 0 Å². The van der Waals surface area contributed by atoms with Gasteiger partial charge >= 0.3 is 9.28 Å². The Bertz CT molecular complexity index is 416. The van der Waals surface area contributed by atoms with E-state index in [1.807, 2.05) is 14.2 Å². The first-order valence-electron chi connectivity index (χ1n) is 17.4. The maximum absolute atomic E-state index is 5.54. The Labute approximate surface area is 243 Å². The van der Waals surface area contributed by atoms with Crippen LogP contribution in [0, 0.1) is 0 Å². The molecule has 1 radical (unpaired) electrons. The Hall–Kier alpha value is 0.0969. The molecule has 0 aliphatic rings. The first-order chi connectivity index (χ1) is 18.6. The molecule has 0 N–H and O–H groups in total. The first kappa shape index (κ1) is 38.1. The molecule has 0 heterocycles. The third-order valence-corrected chi connectivity index (χ3v) is 10.3. The Morgan fingerprint density at radius 2 is 0.658 bits per heavy atom. The van der Waals surface area contributed by atoms with Gasteiger partial charge in [-0.15, -0.1) is 0 Å². The smallest absolute Gasteiger partial charge is 0.384 e. The highest BCUT2D eigenvalue weighted by Gasteiger charge is 2.22. The van der Waals surface area contributed by atoms with Crippen molar-refractivity contribution >= 4 is 9.28 Å². The molecule has 0 fully saturated rings. The molecule has 0 aromatic carbocycles. The van der Waals surface area contributed by atoms with Gasteiger partial charge < -0.3 is 13.3 Å². The van der Waals surface area contributed by atoms with E-state index in [0.717, 1.165) is 6.04 Å². The molecule has 0 aliphatic heterocycles. The monoisotopic (exact) mass is 556 g/mol. The zero-order valence-electron chi connectivity index (χ0n) is 27.3. The van der Waals surface area contributed by atoms with Crippen LogP contribution < -0.4 is 0 Å². The molecule has 0 rings (SSSR count). The summed E-state index contributed by atoms with van der Waals surface area (Å²) in [7, 11) is 5.10. The van der Waals surface area contributed by atoms with Gasteiger partial charge in [0.05, 0.1) is 26.7 Å². The van der Waals surface area contributed by atoms with Crippen molar-refractivity contribution in [1.29, 1.82) is 0 Å². The van der Waals surface area contributed by atoms with Crippen LogP contribution in [0.15, 0.2) is 0 Å². The van der Waals surface area contributed by atoms with Crippen LogP contribution in [0.25, 0.3) is 0 Å². The largest absolute Gasteiger partial charge is 0.397 e. The number of unbranched alkanes of at least 4 members (excludes halogenated alkanes) is 22. The molecule has 38 heavy (non-hydrogen) atoms. The first-order valence-corrected chi connectivity index (χ1v) is 18.9. The lowest BCUT2D eigenvalue weighted by molar-refractivity contribution is -0.910. The van der Waals surface area contributed by atoms with E-state index < -0.39 is 9.28 Å². The lowest BCUT2D eigenvalue weighted by Crippen LogP contribution is -2.46. The highest BCUT2D eigenvalue weighted by atomic mass is 28.3. The molecule has 4 heteroatoms. The van der Waals surface area contributed by atoms with Gasteiger partial charge in [0, 0.05) is 14.2 Å². The number of hydrogen-bond acceptors (Lipinski definition) is 2. The average molecular weight is 556 g/mol. The molecule has 0 spiro atoms. The van der Waals surface area contributed by atoms with Gasteiger partial charge in [0.2, 0.25) is 0 Å². The van der Waals surface area contributed by atoms with Crippen LogP contribution in [-0.2, 0) is 8.85 Å². The van der Waals surface area contributed by atoms with Gasteiger partial charge in [-0.2, -0.15) is 0 Å². The van der Waals surface area contributed by atoms with Crippen molar-refractivity contribution in [1.82, 2.24) is 0 Å². The summed E-state index contributed by atoms with van der Waals surface area (Å²) in [5.41, 5.74) is 0. The highest BCUT2D eigenvalue weighted by Crippen LogP contribution is 2.17. The molecule has 0 atom stereocenters. The van der Waals surface area contributed by atoms with Crippen LogP contribution in [-0.4, -0.2) is 54.7 Å². The van der Waals surface area contributed by atoms with Gasteiger partial charge in [0.15, 0.2) is 0 Å². The molecule has 0 aliphatic carbocycles. The number of hydrogen-bond donors (Lipinski definition) is 0. The predicted molar refractivity (Wildman–Crippen MR) is 172 cm³/mol. The van der Waals surface area contributed by atoms with Gasteiger partial charge in [-0.05, 0) is 38.1 Å². The van der Waals surface area contributed by atoms with Gasteiger partial charge in [-0.25, -0.2) is 0 Å². The van der Waals surface area contributed by atoms with E-state index in [2.05, 4.69) is 20.9 Å². The van der Waals surface area contributed by atoms with E-state index in [1.165, 1.54) is 185 Å². The van der Waals surface area contributed by atoms with E-state index in [9.17, 15) is 0 Å². The van der Waals surface area contributed by atoms with Crippen LogP contribution in [0.5, 0.6) is 0 Å². The molecule has 0 aromatic heterocycles. The molecule has 229 valence electrons. The topological polar surface area (TPSA) is 18.5 Å². The van der Waals surface area contributed by atoms with Crippen LogP contribution in [0.2, 0.25) is 6.04 Å². The minimum absolute atomic E-state index is 1.05. The highest BCUT2D eigenvalue weighted by molar-refractivity contribution is 6.44. The molecular formula is C34H73NO2Si+. The quantitative estimate of drug-likeness (QED) is 0.0467. The SMILES string of the molecule is CCCCCCCCCCCCCC[N+](C)(CCCCCCCCCCCCCC)CCC[Si](OC)OC. The normalized spacial score (nSPS) is 12.2. The van der Waals surface area contributed by atoms with Crippen molar-refractivity contribution in [3.05, 3.63) is 0 Å². The molecule has 0 amide bonds.